The monoisotopic (exact) mass is 324 g/mol. The van der Waals surface area contributed by atoms with Crippen LogP contribution in [-0.2, 0) is 4.79 Å². The van der Waals surface area contributed by atoms with E-state index in [-0.39, 0.29) is 48.2 Å². The Kier molecular flexibility index (Phi) is 4.59. The van der Waals surface area contributed by atoms with Crippen molar-refractivity contribution in [1.29, 1.82) is 0 Å². The van der Waals surface area contributed by atoms with E-state index in [9.17, 15) is 14.7 Å². The Balaban J connectivity index is 0.00000169. The van der Waals surface area contributed by atoms with Gasteiger partial charge in [0.15, 0.2) is 5.78 Å². The Morgan fingerprint density at radius 2 is 1.33 bits per heavy atom. The van der Waals surface area contributed by atoms with Gasteiger partial charge < -0.3 is 9.90 Å². The van der Waals surface area contributed by atoms with E-state index in [4.69, 9.17) is 0 Å². The van der Waals surface area contributed by atoms with Crippen molar-refractivity contribution in [2.24, 2.45) is 0 Å². The van der Waals surface area contributed by atoms with Gasteiger partial charge >= 0.3 is 29.6 Å². The number of carboxylic acid groups (broad SMARTS) is 1. The number of hydrogen-bond acceptors (Lipinski definition) is 3. The summed E-state index contributed by atoms with van der Waals surface area (Å²) in [6.45, 7) is 0. The van der Waals surface area contributed by atoms with Crippen LogP contribution in [0, 0.1) is 0 Å². The summed E-state index contributed by atoms with van der Waals surface area (Å²) in [7, 11) is 0. The number of benzene rings is 4. The molecule has 0 saturated carbocycles. The third kappa shape index (κ3) is 2.69. The van der Waals surface area contributed by atoms with Crippen LogP contribution in [0.4, 0.5) is 0 Å². The summed E-state index contributed by atoms with van der Waals surface area (Å²) in [5, 5.41) is 17.1. The summed E-state index contributed by atoms with van der Waals surface area (Å²) < 4.78 is 0. The first-order valence-corrected chi connectivity index (χ1v) is 7.55. The molecule has 0 bridgehead atoms. The van der Waals surface area contributed by atoms with E-state index >= 15 is 0 Å². The largest absolute Gasteiger partial charge is 1.00 e. The molecule has 4 heteroatoms. The van der Waals surface area contributed by atoms with Gasteiger partial charge in [0.05, 0.1) is 0 Å². The fourth-order valence-electron chi connectivity index (χ4n) is 3.33. The van der Waals surface area contributed by atoms with Gasteiger partial charge in [0.2, 0.25) is 0 Å². The van der Waals surface area contributed by atoms with Crippen LogP contribution in [0.15, 0.2) is 54.6 Å². The molecule has 3 nitrogen and oxygen atoms in total. The zero-order valence-electron chi connectivity index (χ0n) is 13.3. The minimum absolute atomic E-state index is 0. The van der Waals surface area contributed by atoms with Crippen molar-refractivity contribution in [2.45, 2.75) is 12.8 Å². The molecule has 112 valence electrons. The quantitative estimate of drug-likeness (QED) is 0.308. The van der Waals surface area contributed by atoms with Gasteiger partial charge in [0.25, 0.3) is 0 Å². The summed E-state index contributed by atoms with van der Waals surface area (Å²) in [6, 6.07) is 18.0. The van der Waals surface area contributed by atoms with E-state index in [0.717, 1.165) is 32.3 Å². The van der Waals surface area contributed by atoms with Crippen molar-refractivity contribution in [3.8, 4) is 0 Å². The second kappa shape index (κ2) is 6.52. The van der Waals surface area contributed by atoms with E-state index in [1.807, 2.05) is 24.3 Å². The number of Topliss-reactive ketones (excluding diaryl/α,β-unsaturated/α-hetero) is 1. The second-order valence-electron chi connectivity index (χ2n) is 5.76. The maximum atomic E-state index is 12.4. The Morgan fingerprint density at radius 1 is 0.750 bits per heavy atom. The summed E-state index contributed by atoms with van der Waals surface area (Å²) in [4.78, 5) is 23.0. The van der Waals surface area contributed by atoms with Gasteiger partial charge in [-0.3, -0.25) is 4.79 Å². The Bertz CT molecular complexity index is 1050. The standard InChI is InChI=1S/C20H14O3.Na/c21-17(10-11-18(22)23)15-8-6-14-5-4-12-2-1-3-13-7-9-16(15)20(14)19(12)13;/h1-9H,10-11H2,(H,22,23);/q;+1/p-1. The van der Waals surface area contributed by atoms with Crippen LogP contribution in [-0.4, -0.2) is 11.8 Å². The second-order valence-corrected chi connectivity index (χ2v) is 5.76. The molecule has 4 aromatic rings. The molecule has 0 N–H and O–H groups in total. The van der Waals surface area contributed by atoms with Crippen LogP contribution < -0.4 is 34.7 Å². The first-order valence-electron chi connectivity index (χ1n) is 7.55. The van der Waals surface area contributed by atoms with E-state index in [1.54, 1.807) is 6.07 Å². The van der Waals surface area contributed by atoms with Crippen LogP contribution in [0.5, 0.6) is 0 Å². The number of carbonyl (C=O) groups excluding carboxylic acids is 2. The Hall–Kier alpha value is -1.94. The number of hydrogen-bond donors (Lipinski definition) is 0. The predicted molar refractivity (Wildman–Crippen MR) is 88.7 cm³/mol. The number of carbonyl (C=O) groups is 2. The van der Waals surface area contributed by atoms with Crippen molar-refractivity contribution in [2.75, 3.05) is 0 Å². The van der Waals surface area contributed by atoms with Crippen molar-refractivity contribution < 1.29 is 44.3 Å². The van der Waals surface area contributed by atoms with Gasteiger partial charge in [-0.1, -0.05) is 54.6 Å². The van der Waals surface area contributed by atoms with Crippen LogP contribution in [0.1, 0.15) is 23.2 Å². The maximum absolute atomic E-state index is 12.4. The third-order valence-electron chi connectivity index (χ3n) is 4.39. The molecule has 0 fully saturated rings. The SMILES string of the molecule is O=C([O-])CCC(=O)c1ccc2ccc3cccc4ccc1c2c34.[Na+]. The van der Waals surface area contributed by atoms with Gasteiger partial charge in [-0.25, -0.2) is 0 Å². The van der Waals surface area contributed by atoms with Crippen LogP contribution in [0.25, 0.3) is 32.3 Å². The van der Waals surface area contributed by atoms with E-state index < -0.39 is 5.97 Å². The Morgan fingerprint density at radius 3 is 2.00 bits per heavy atom. The maximum Gasteiger partial charge on any atom is 1.00 e. The number of rotatable bonds is 4. The molecular formula is C20H13NaO3. The van der Waals surface area contributed by atoms with Gasteiger partial charge in [-0.2, -0.15) is 0 Å². The molecule has 4 aromatic carbocycles. The van der Waals surface area contributed by atoms with Crippen LogP contribution >= 0.6 is 0 Å². The molecule has 24 heavy (non-hydrogen) atoms. The average molecular weight is 324 g/mol. The normalized spacial score (nSPS) is 11.0. The van der Waals surface area contributed by atoms with Crippen molar-refractivity contribution in [3.63, 3.8) is 0 Å². The van der Waals surface area contributed by atoms with Crippen molar-refractivity contribution >= 4 is 44.1 Å². The summed E-state index contributed by atoms with van der Waals surface area (Å²) in [6.07, 6.45) is -0.285. The minimum Gasteiger partial charge on any atom is -0.550 e. The zero-order chi connectivity index (χ0) is 16.0. The van der Waals surface area contributed by atoms with E-state index in [2.05, 4.69) is 24.3 Å². The first kappa shape index (κ1) is 16.9. The topological polar surface area (TPSA) is 57.2 Å². The number of aliphatic carboxylic acids is 1. The number of carboxylic acids is 1. The molecule has 0 saturated heterocycles. The van der Waals surface area contributed by atoms with E-state index in [1.165, 1.54) is 0 Å². The molecule has 4 rings (SSSR count). The fourth-order valence-corrected chi connectivity index (χ4v) is 3.33. The summed E-state index contributed by atoms with van der Waals surface area (Å²) in [5.41, 5.74) is 0.581. The molecule has 0 atom stereocenters. The molecular weight excluding hydrogens is 311 g/mol. The van der Waals surface area contributed by atoms with Crippen LogP contribution in [0.3, 0.4) is 0 Å². The molecule has 0 aliphatic carbocycles. The van der Waals surface area contributed by atoms with Crippen LogP contribution in [0.2, 0.25) is 0 Å². The molecule has 0 heterocycles. The van der Waals surface area contributed by atoms with Gasteiger partial charge in [-0.15, -0.1) is 0 Å². The molecule has 0 aliphatic rings. The molecule has 0 aliphatic heterocycles. The number of ketones is 1. The molecule has 0 amide bonds. The van der Waals surface area contributed by atoms with E-state index in [0.29, 0.717) is 5.56 Å². The van der Waals surface area contributed by atoms with Gasteiger partial charge in [0.1, 0.15) is 0 Å². The van der Waals surface area contributed by atoms with Gasteiger partial charge in [-0.05, 0) is 38.7 Å². The molecule has 0 radical (unpaired) electrons. The molecule has 0 spiro atoms. The average Bonchev–Trinajstić information content (AvgIpc) is 2.57. The van der Waals surface area contributed by atoms with Crippen molar-refractivity contribution in [3.05, 3.63) is 60.2 Å². The molecule has 0 aromatic heterocycles. The first-order chi connectivity index (χ1) is 11.1. The summed E-state index contributed by atoms with van der Waals surface area (Å²) in [5.74, 6) is -1.36. The third-order valence-corrected chi connectivity index (χ3v) is 4.39. The molecule has 0 unspecified atom stereocenters. The predicted octanol–water partition coefficient (Wildman–Crippen LogP) is 0.301. The van der Waals surface area contributed by atoms with Gasteiger partial charge in [0, 0.05) is 18.0 Å². The van der Waals surface area contributed by atoms with Crippen molar-refractivity contribution in [1.82, 2.24) is 0 Å². The zero-order valence-corrected chi connectivity index (χ0v) is 15.3. The fraction of sp³-hybridized carbons (Fsp3) is 0.100. The minimum atomic E-state index is -1.20. The Labute approximate surface area is 160 Å². The summed E-state index contributed by atoms with van der Waals surface area (Å²) >= 11 is 0. The smallest absolute Gasteiger partial charge is 0.550 e.